The van der Waals surface area contributed by atoms with Crippen molar-refractivity contribution in [2.24, 2.45) is 0 Å². The van der Waals surface area contributed by atoms with Gasteiger partial charge in [0.05, 0.1) is 24.6 Å². The fourth-order valence-corrected chi connectivity index (χ4v) is 1.52. The van der Waals surface area contributed by atoms with E-state index < -0.39 is 11.6 Å². The third-order valence-corrected chi connectivity index (χ3v) is 2.46. The van der Waals surface area contributed by atoms with E-state index in [1.54, 1.807) is 6.07 Å². The Balaban J connectivity index is 2.51. The highest BCUT2D eigenvalue weighted by atomic mass is 19.1. The summed E-state index contributed by atoms with van der Waals surface area (Å²) in [5, 5.41) is 0. The van der Waals surface area contributed by atoms with Crippen LogP contribution in [0.25, 0.3) is 11.3 Å². The second kappa shape index (κ2) is 4.91. The van der Waals surface area contributed by atoms with Crippen LogP contribution in [0.5, 0.6) is 5.75 Å². The van der Waals surface area contributed by atoms with Gasteiger partial charge in [-0.05, 0) is 18.2 Å². The first-order valence-electron chi connectivity index (χ1n) is 5.10. The summed E-state index contributed by atoms with van der Waals surface area (Å²) in [7, 11) is 1.43. The molecule has 0 fully saturated rings. The number of ether oxygens (including phenoxy) is 1. The zero-order valence-corrected chi connectivity index (χ0v) is 9.48. The fraction of sp³-hybridized carbons (Fsp3) is 0.0769. The molecule has 0 amide bonds. The minimum absolute atomic E-state index is 0.157. The van der Waals surface area contributed by atoms with Crippen LogP contribution in [0.3, 0.4) is 0 Å². The third-order valence-electron chi connectivity index (χ3n) is 2.46. The highest BCUT2D eigenvalue weighted by Crippen LogP contribution is 2.25. The largest absolute Gasteiger partial charge is 0.497 e. The van der Waals surface area contributed by atoms with Crippen LogP contribution < -0.4 is 4.74 Å². The highest BCUT2D eigenvalue weighted by molar-refractivity contribution is 5.78. The number of carbonyl (C=O) groups excluding carboxylic acids is 1. The van der Waals surface area contributed by atoms with Crippen molar-refractivity contribution < 1.29 is 18.3 Å². The molecule has 0 unspecified atom stereocenters. The van der Waals surface area contributed by atoms with Crippen LogP contribution in [0, 0.1) is 11.6 Å². The summed E-state index contributed by atoms with van der Waals surface area (Å²) in [5.74, 6) is -0.915. The van der Waals surface area contributed by atoms with Gasteiger partial charge in [-0.25, -0.2) is 8.78 Å². The zero-order chi connectivity index (χ0) is 13.1. The molecule has 0 saturated carbocycles. The van der Waals surface area contributed by atoms with E-state index in [1.165, 1.54) is 25.3 Å². The summed E-state index contributed by atoms with van der Waals surface area (Å²) in [6.07, 6.45) is 1.25. The van der Waals surface area contributed by atoms with Gasteiger partial charge in [-0.3, -0.25) is 9.78 Å². The predicted octanol–water partition coefficient (Wildman–Crippen LogP) is 2.85. The number of hydrogen-bond donors (Lipinski definition) is 0. The minimum Gasteiger partial charge on any atom is -0.497 e. The third kappa shape index (κ3) is 2.20. The normalized spacial score (nSPS) is 10.2. The van der Waals surface area contributed by atoms with E-state index in [-0.39, 0.29) is 16.8 Å². The van der Waals surface area contributed by atoms with E-state index in [1.807, 2.05) is 0 Å². The summed E-state index contributed by atoms with van der Waals surface area (Å²) in [5.41, 5.74) is 0.216. The Kier molecular flexibility index (Phi) is 3.32. The summed E-state index contributed by atoms with van der Waals surface area (Å²) in [6, 6.07) is 5.42. The van der Waals surface area contributed by atoms with Gasteiger partial charge >= 0.3 is 0 Å². The molecule has 92 valence electrons. The second-order valence-electron chi connectivity index (χ2n) is 3.55. The van der Waals surface area contributed by atoms with E-state index in [0.29, 0.717) is 12.0 Å². The van der Waals surface area contributed by atoms with Crippen LogP contribution >= 0.6 is 0 Å². The lowest BCUT2D eigenvalue weighted by Gasteiger charge is -2.06. The number of pyridine rings is 1. The maximum atomic E-state index is 13.8. The Labute approximate surface area is 102 Å². The minimum atomic E-state index is -0.734. The van der Waals surface area contributed by atoms with Gasteiger partial charge in [0.1, 0.15) is 11.6 Å². The summed E-state index contributed by atoms with van der Waals surface area (Å²) in [4.78, 5) is 14.4. The molecule has 2 aromatic rings. The summed E-state index contributed by atoms with van der Waals surface area (Å²) >= 11 is 0. The first-order chi connectivity index (χ1) is 8.65. The predicted molar refractivity (Wildman–Crippen MR) is 61.5 cm³/mol. The number of hydrogen-bond acceptors (Lipinski definition) is 3. The molecule has 2 rings (SSSR count). The van der Waals surface area contributed by atoms with Gasteiger partial charge in [0, 0.05) is 11.6 Å². The molecule has 0 bridgehead atoms. The molecular formula is C13H9F2NO2. The molecule has 0 saturated heterocycles. The van der Waals surface area contributed by atoms with Crippen molar-refractivity contribution in [1.29, 1.82) is 0 Å². The molecule has 0 spiro atoms. The van der Waals surface area contributed by atoms with E-state index in [9.17, 15) is 13.6 Å². The standard InChI is InChI=1S/C13H9F2NO2/c1-18-9-2-3-10(11(14)5-9)13-4-8(7-17)12(15)6-16-13/h2-7H,1H3. The average molecular weight is 249 g/mol. The Morgan fingerprint density at radius 3 is 2.61 bits per heavy atom. The molecule has 1 heterocycles. The van der Waals surface area contributed by atoms with Crippen molar-refractivity contribution in [3.8, 4) is 17.0 Å². The lowest BCUT2D eigenvalue weighted by Crippen LogP contribution is -1.95. The number of nitrogens with zero attached hydrogens (tertiary/aromatic N) is 1. The first-order valence-corrected chi connectivity index (χ1v) is 5.10. The number of rotatable bonds is 3. The molecular weight excluding hydrogens is 240 g/mol. The maximum absolute atomic E-state index is 13.8. The molecule has 0 aliphatic carbocycles. The quantitative estimate of drug-likeness (QED) is 0.785. The van der Waals surface area contributed by atoms with E-state index in [2.05, 4.69) is 4.98 Å². The maximum Gasteiger partial charge on any atom is 0.153 e. The Bertz CT molecular complexity index is 600. The molecule has 0 N–H and O–H groups in total. The van der Waals surface area contributed by atoms with E-state index in [4.69, 9.17) is 4.74 Å². The second-order valence-corrected chi connectivity index (χ2v) is 3.55. The van der Waals surface area contributed by atoms with Crippen molar-refractivity contribution in [2.75, 3.05) is 7.11 Å². The molecule has 1 aromatic heterocycles. The van der Waals surface area contributed by atoms with Gasteiger partial charge in [-0.1, -0.05) is 0 Å². The van der Waals surface area contributed by atoms with Crippen molar-refractivity contribution >= 4 is 6.29 Å². The lowest BCUT2D eigenvalue weighted by atomic mass is 10.1. The monoisotopic (exact) mass is 249 g/mol. The molecule has 0 aliphatic rings. The number of aromatic nitrogens is 1. The molecule has 3 nitrogen and oxygen atoms in total. The van der Waals surface area contributed by atoms with Crippen molar-refractivity contribution in [3.63, 3.8) is 0 Å². The van der Waals surface area contributed by atoms with E-state index >= 15 is 0 Å². The molecule has 18 heavy (non-hydrogen) atoms. The zero-order valence-electron chi connectivity index (χ0n) is 9.48. The molecule has 0 aliphatic heterocycles. The van der Waals surface area contributed by atoms with Gasteiger partial charge in [-0.15, -0.1) is 0 Å². The topological polar surface area (TPSA) is 39.2 Å². The van der Waals surface area contributed by atoms with Gasteiger partial charge in [0.25, 0.3) is 0 Å². The van der Waals surface area contributed by atoms with Gasteiger partial charge in [0.15, 0.2) is 12.1 Å². The number of carbonyl (C=O) groups is 1. The molecule has 0 radical (unpaired) electrons. The summed E-state index contributed by atoms with van der Waals surface area (Å²) in [6.45, 7) is 0. The van der Waals surface area contributed by atoms with Crippen LogP contribution in [0.2, 0.25) is 0 Å². The van der Waals surface area contributed by atoms with Crippen molar-refractivity contribution in [3.05, 3.63) is 47.7 Å². The van der Waals surface area contributed by atoms with Crippen LogP contribution in [0.1, 0.15) is 10.4 Å². The first kappa shape index (κ1) is 12.2. The Hall–Kier alpha value is -2.30. The lowest BCUT2D eigenvalue weighted by molar-refractivity contribution is 0.111. The summed E-state index contributed by atoms with van der Waals surface area (Å²) < 4.78 is 31.7. The smallest absolute Gasteiger partial charge is 0.153 e. The molecule has 1 aromatic carbocycles. The Morgan fingerprint density at radius 2 is 2.00 bits per heavy atom. The van der Waals surface area contributed by atoms with Gasteiger partial charge < -0.3 is 4.74 Å². The average Bonchev–Trinajstić information content (AvgIpc) is 2.39. The molecule has 0 atom stereocenters. The fourth-order valence-electron chi connectivity index (χ4n) is 1.52. The van der Waals surface area contributed by atoms with Crippen LogP contribution in [0.4, 0.5) is 8.78 Å². The van der Waals surface area contributed by atoms with Crippen molar-refractivity contribution in [1.82, 2.24) is 4.98 Å². The van der Waals surface area contributed by atoms with Crippen LogP contribution in [0.15, 0.2) is 30.5 Å². The SMILES string of the molecule is COc1ccc(-c2cc(C=O)c(F)cn2)c(F)c1. The number of aldehydes is 1. The number of benzene rings is 1. The van der Waals surface area contributed by atoms with Crippen LogP contribution in [-0.4, -0.2) is 18.4 Å². The molecule has 5 heteroatoms. The van der Waals surface area contributed by atoms with Crippen molar-refractivity contribution in [2.45, 2.75) is 0 Å². The van der Waals surface area contributed by atoms with E-state index in [0.717, 1.165) is 6.20 Å². The van der Waals surface area contributed by atoms with Gasteiger partial charge in [0.2, 0.25) is 0 Å². The number of halogens is 2. The number of methoxy groups -OCH3 is 1. The van der Waals surface area contributed by atoms with Crippen LogP contribution in [-0.2, 0) is 0 Å². The van der Waals surface area contributed by atoms with Gasteiger partial charge in [-0.2, -0.15) is 0 Å². The Morgan fingerprint density at radius 1 is 1.22 bits per heavy atom. The highest BCUT2D eigenvalue weighted by Gasteiger charge is 2.10.